The molecular formula is C19H18N2O2. The molecule has 1 amide bonds. The summed E-state index contributed by atoms with van der Waals surface area (Å²) < 4.78 is 5.79. The van der Waals surface area contributed by atoms with Gasteiger partial charge < -0.3 is 9.73 Å². The second-order valence-corrected chi connectivity index (χ2v) is 6.04. The van der Waals surface area contributed by atoms with Crippen molar-refractivity contribution in [2.24, 2.45) is 5.92 Å². The third kappa shape index (κ3) is 2.84. The summed E-state index contributed by atoms with van der Waals surface area (Å²) in [4.78, 5) is 16.8. The van der Waals surface area contributed by atoms with Crippen LogP contribution in [-0.4, -0.2) is 10.9 Å². The van der Waals surface area contributed by atoms with Crippen LogP contribution in [0.3, 0.4) is 0 Å². The number of hydrogen-bond acceptors (Lipinski definition) is 3. The first-order valence-corrected chi connectivity index (χ1v) is 8.06. The lowest BCUT2D eigenvalue weighted by atomic mass is 10.1. The summed E-state index contributed by atoms with van der Waals surface area (Å²) in [7, 11) is 0. The molecule has 4 rings (SSSR count). The molecular weight excluding hydrogens is 288 g/mol. The van der Waals surface area contributed by atoms with Crippen molar-refractivity contribution in [3.63, 3.8) is 0 Å². The van der Waals surface area contributed by atoms with Gasteiger partial charge in [0, 0.05) is 17.2 Å². The second-order valence-electron chi connectivity index (χ2n) is 6.04. The lowest BCUT2D eigenvalue weighted by Gasteiger charge is -2.10. The van der Waals surface area contributed by atoms with Gasteiger partial charge in [-0.25, -0.2) is 4.98 Å². The van der Waals surface area contributed by atoms with E-state index >= 15 is 0 Å². The maximum absolute atomic E-state index is 12.3. The Bertz CT molecular complexity index is 814. The van der Waals surface area contributed by atoms with Gasteiger partial charge >= 0.3 is 0 Å². The Balaban J connectivity index is 1.59. The lowest BCUT2D eigenvalue weighted by molar-refractivity contribution is -0.119. The number of fused-ring (bicyclic) bond motifs is 1. The topological polar surface area (TPSA) is 55.1 Å². The highest BCUT2D eigenvalue weighted by Gasteiger charge is 2.22. The van der Waals surface area contributed by atoms with Gasteiger partial charge in [-0.1, -0.05) is 31.0 Å². The quantitative estimate of drug-likeness (QED) is 0.768. The monoisotopic (exact) mass is 306 g/mol. The Kier molecular flexibility index (Phi) is 3.58. The highest BCUT2D eigenvalue weighted by atomic mass is 16.3. The number of nitrogens with one attached hydrogen (secondary N) is 1. The van der Waals surface area contributed by atoms with Gasteiger partial charge in [0.25, 0.3) is 0 Å². The third-order valence-electron chi connectivity index (χ3n) is 4.40. The molecule has 116 valence electrons. The third-order valence-corrected chi connectivity index (χ3v) is 4.40. The molecule has 1 fully saturated rings. The fourth-order valence-electron chi connectivity index (χ4n) is 3.16. The van der Waals surface area contributed by atoms with Gasteiger partial charge in [0.05, 0.1) is 0 Å². The number of para-hydroxylation sites is 2. The number of amides is 1. The fraction of sp³-hybridized carbons (Fsp3) is 0.263. The number of rotatable bonds is 3. The van der Waals surface area contributed by atoms with Crippen molar-refractivity contribution in [3.05, 3.63) is 48.5 Å². The van der Waals surface area contributed by atoms with Crippen LogP contribution in [-0.2, 0) is 4.79 Å². The van der Waals surface area contributed by atoms with E-state index in [2.05, 4.69) is 10.3 Å². The average molecular weight is 306 g/mol. The predicted octanol–water partition coefficient (Wildman–Crippen LogP) is 4.62. The van der Waals surface area contributed by atoms with Crippen molar-refractivity contribution in [1.82, 2.24) is 4.98 Å². The summed E-state index contributed by atoms with van der Waals surface area (Å²) in [5.74, 6) is 0.850. The van der Waals surface area contributed by atoms with Crippen LogP contribution in [0.1, 0.15) is 25.7 Å². The van der Waals surface area contributed by atoms with E-state index < -0.39 is 0 Å². The standard InChI is InChI=1S/C19H18N2O2/c22-18(13-6-1-2-7-13)20-15-9-5-8-14(12-15)19-21-16-10-3-4-11-17(16)23-19/h3-5,8-13H,1-2,6-7H2,(H,20,22). The Morgan fingerprint density at radius 3 is 2.74 bits per heavy atom. The molecule has 23 heavy (non-hydrogen) atoms. The first-order valence-electron chi connectivity index (χ1n) is 8.06. The van der Waals surface area contributed by atoms with E-state index in [-0.39, 0.29) is 11.8 Å². The molecule has 4 nitrogen and oxygen atoms in total. The molecule has 1 aliphatic rings. The minimum absolute atomic E-state index is 0.122. The number of carbonyl (C=O) groups excluding carboxylic acids is 1. The van der Waals surface area contributed by atoms with Gasteiger partial charge in [0.2, 0.25) is 11.8 Å². The second kappa shape index (κ2) is 5.88. The largest absolute Gasteiger partial charge is 0.436 e. The zero-order valence-corrected chi connectivity index (χ0v) is 12.8. The van der Waals surface area contributed by atoms with Crippen LogP contribution in [0.15, 0.2) is 52.9 Å². The van der Waals surface area contributed by atoms with Gasteiger partial charge in [-0.3, -0.25) is 4.79 Å². The van der Waals surface area contributed by atoms with E-state index in [4.69, 9.17) is 4.42 Å². The van der Waals surface area contributed by atoms with E-state index in [1.807, 2.05) is 48.5 Å². The van der Waals surface area contributed by atoms with Crippen LogP contribution in [0.25, 0.3) is 22.6 Å². The van der Waals surface area contributed by atoms with Crippen LogP contribution < -0.4 is 5.32 Å². The predicted molar refractivity (Wildman–Crippen MR) is 90.0 cm³/mol. The molecule has 1 N–H and O–H groups in total. The van der Waals surface area contributed by atoms with Crippen molar-refractivity contribution in [2.45, 2.75) is 25.7 Å². The summed E-state index contributed by atoms with van der Waals surface area (Å²) >= 11 is 0. The molecule has 2 aromatic carbocycles. The van der Waals surface area contributed by atoms with Crippen molar-refractivity contribution >= 4 is 22.7 Å². The van der Waals surface area contributed by atoms with Crippen molar-refractivity contribution < 1.29 is 9.21 Å². The Hall–Kier alpha value is -2.62. The normalized spacial score (nSPS) is 15.1. The number of hydrogen-bond donors (Lipinski definition) is 1. The number of nitrogens with zero attached hydrogens (tertiary/aromatic N) is 1. The number of oxazole rings is 1. The fourth-order valence-corrected chi connectivity index (χ4v) is 3.16. The average Bonchev–Trinajstić information content (AvgIpc) is 3.24. The van der Waals surface area contributed by atoms with Crippen molar-refractivity contribution in [3.8, 4) is 11.5 Å². The molecule has 3 aromatic rings. The SMILES string of the molecule is O=C(Nc1cccc(-c2nc3ccccc3o2)c1)C1CCCC1. The van der Waals surface area contributed by atoms with Gasteiger partial charge in [0.1, 0.15) is 5.52 Å². The zero-order chi connectivity index (χ0) is 15.6. The van der Waals surface area contributed by atoms with Crippen LogP contribution in [0.2, 0.25) is 0 Å². The summed E-state index contributed by atoms with van der Waals surface area (Å²) in [6.07, 6.45) is 4.30. The van der Waals surface area contributed by atoms with Gasteiger partial charge in [-0.2, -0.15) is 0 Å². The summed E-state index contributed by atoms with van der Waals surface area (Å²) in [6.45, 7) is 0. The van der Waals surface area contributed by atoms with Crippen LogP contribution in [0, 0.1) is 5.92 Å². The molecule has 1 aliphatic carbocycles. The summed E-state index contributed by atoms with van der Waals surface area (Å²) in [5.41, 5.74) is 3.26. The van der Waals surface area contributed by atoms with Crippen LogP contribution >= 0.6 is 0 Å². The zero-order valence-electron chi connectivity index (χ0n) is 12.8. The molecule has 0 unspecified atom stereocenters. The number of aromatic nitrogens is 1. The number of anilines is 1. The molecule has 0 aliphatic heterocycles. The molecule has 0 radical (unpaired) electrons. The first-order chi connectivity index (χ1) is 11.3. The minimum atomic E-state index is 0.122. The minimum Gasteiger partial charge on any atom is -0.436 e. The Morgan fingerprint density at radius 1 is 1.09 bits per heavy atom. The molecule has 4 heteroatoms. The maximum Gasteiger partial charge on any atom is 0.227 e. The number of carbonyl (C=O) groups is 1. The molecule has 0 spiro atoms. The van der Waals surface area contributed by atoms with E-state index in [1.54, 1.807) is 0 Å². The van der Waals surface area contributed by atoms with E-state index in [1.165, 1.54) is 0 Å². The molecule has 0 saturated heterocycles. The molecule has 1 saturated carbocycles. The van der Waals surface area contributed by atoms with Gasteiger partial charge in [-0.15, -0.1) is 0 Å². The van der Waals surface area contributed by atoms with Crippen molar-refractivity contribution in [2.75, 3.05) is 5.32 Å². The summed E-state index contributed by atoms with van der Waals surface area (Å²) in [5, 5.41) is 3.02. The van der Waals surface area contributed by atoms with Gasteiger partial charge in [0.15, 0.2) is 5.58 Å². The highest BCUT2D eigenvalue weighted by Crippen LogP contribution is 2.28. The van der Waals surface area contributed by atoms with E-state index in [0.717, 1.165) is 48.0 Å². The Labute approximate surface area is 134 Å². The maximum atomic E-state index is 12.3. The number of benzene rings is 2. The molecule has 0 atom stereocenters. The Morgan fingerprint density at radius 2 is 1.91 bits per heavy atom. The van der Waals surface area contributed by atoms with E-state index in [9.17, 15) is 4.79 Å². The first kappa shape index (κ1) is 14.0. The lowest BCUT2D eigenvalue weighted by Crippen LogP contribution is -2.20. The molecule has 1 heterocycles. The van der Waals surface area contributed by atoms with Crippen LogP contribution in [0.5, 0.6) is 0 Å². The highest BCUT2D eigenvalue weighted by molar-refractivity contribution is 5.93. The van der Waals surface area contributed by atoms with Gasteiger partial charge in [-0.05, 0) is 43.2 Å². The van der Waals surface area contributed by atoms with Crippen LogP contribution in [0.4, 0.5) is 5.69 Å². The molecule has 1 aromatic heterocycles. The van der Waals surface area contributed by atoms with E-state index in [0.29, 0.717) is 5.89 Å². The van der Waals surface area contributed by atoms with Crippen molar-refractivity contribution in [1.29, 1.82) is 0 Å². The summed E-state index contributed by atoms with van der Waals surface area (Å²) in [6, 6.07) is 15.4. The smallest absolute Gasteiger partial charge is 0.227 e. The molecule has 0 bridgehead atoms.